The molecule has 2 N–H and O–H groups in total. The van der Waals surface area contributed by atoms with Crippen LogP contribution in [0.2, 0.25) is 4.34 Å². The molecule has 1 atom stereocenters. The number of thiophene rings is 1. The molecule has 31 heavy (non-hydrogen) atoms. The van der Waals surface area contributed by atoms with Crippen molar-refractivity contribution in [3.05, 3.63) is 55.8 Å². The van der Waals surface area contributed by atoms with Crippen LogP contribution >= 0.6 is 35.3 Å². The largest absolute Gasteiger partial charge is 0.313 e. The first-order valence-corrected chi connectivity index (χ1v) is 12.4. The number of fused-ring (bicyclic) bond motifs is 1. The summed E-state index contributed by atoms with van der Waals surface area (Å²) in [4.78, 5) is 14.9. The van der Waals surface area contributed by atoms with Crippen LogP contribution in [0.5, 0.6) is 0 Å². The van der Waals surface area contributed by atoms with Crippen molar-refractivity contribution < 1.29 is 17.6 Å². The van der Waals surface area contributed by atoms with Gasteiger partial charge in [-0.2, -0.15) is 4.72 Å². The molecule has 1 fully saturated rings. The highest BCUT2D eigenvalue weighted by Crippen LogP contribution is 2.30. The minimum Gasteiger partial charge on any atom is -0.313 e. The Labute approximate surface area is 195 Å². The molecule has 0 aliphatic carbocycles. The quantitative estimate of drug-likeness (QED) is 0.649. The fourth-order valence-electron chi connectivity index (χ4n) is 3.75. The highest BCUT2D eigenvalue weighted by Gasteiger charge is 2.36. The van der Waals surface area contributed by atoms with Crippen molar-refractivity contribution in [2.45, 2.75) is 31.8 Å². The third-order valence-corrected chi connectivity index (χ3v) is 7.53. The maximum atomic E-state index is 15.2. The zero-order chi connectivity index (χ0) is 21.3. The van der Waals surface area contributed by atoms with E-state index in [1.807, 2.05) is 6.07 Å². The fourth-order valence-corrected chi connectivity index (χ4v) is 5.82. The monoisotopic (exact) mass is 505 g/mol. The van der Waals surface area contributed by atoms with E-state index in [-0.39, 0.29) is 36.9 Å². The summed E-state index contributed by atoms with van der Waals surface area (Å²) >= 11 is 7.09. The topological polar surface area (TPSA) is 78.5 Å². The number of rotatable bonds is 5. The van der Waals surface area contributed by atoms with Crippen molar-refractivity contribution in [3.63, 3.8) is 0 Å². The second kappa shape index (κ2) is 9.97. The second-order valence-corrected chi connectivity index (χ2v) is 10.6. The number of amides is 1. The van der Waals surface area contributed by atoms with Gasteiger partial charge in [-0.05, 0) is 61.2 Å². The van der Waals surface area contributed by atoms with Crippen LogP contribution in [0.4, 0.5) is 10.1 Å². The molecule has 6 nitrogen and oxygen atoms in total. The molecule has 11 heteroatoms. The van der Waals surface area contributed by atoms with Crippen molar-refractivity contribution in [1.29, 1.82) is 0 Å². The Kier molecular flexibility index (Phi) is 7.77. The minimum absolute atomic E-state index is 0. The van der Waals surface area contributed by atoms with Crippen LogP contribution < -0.4 is 14.9 Å². The Morgan fingerprint density at radius 2 is 2.10 bits per heavy atom. The summed E-state index contributed by atoms with van der Waals surface area (Å²) in [5.41, 5.74) is 1.74. The van der Waals surface area contributed by atoms with Crippen molar-refractivity contribution in [2.75, 3.05) is 18.0 Å². The first-order chi connectivity index (χ1) is 14.3. The first-order valence-electron chi connectivity index (χ1n) is 9.62. The van der Waals surface area contributed by atoms with Crippen molar-refractivity contribution in [3.8, 4) is 0 Å². The summed E-state index contributed by atoms with van der Waals surface area (Å²) < 4.78 is 42.9. The Morgan fingerprint density at radius 3 is 2.84 bits per heavy atom. The lowest BCUT2D eigenvalue weighted by atomic mass is 10.0. The molecule has 1 aromatic carbocycles. The molecule has 0 saturated carbocycles. The number of halogens is 3. The molecule has 2 aromatic rings. The fraction of sp³-hybridized carbons (Fsp3) is 0.350. The van der Waals surface area contributed by atoms with Gasteiger partial charge >= 0.3 is 0 Å². The Bertz CT molecular complexity index is 1110. The molecular weight excluding hydrogens is 484 g/mol. The third kappa shape index (κ3) is 5.47. The summed E-state index contributed by atoms with van der Waals surface area (Å²) in [7, 11) is -3.84. The maximum Gasteiger partial charge on any atom is 0.245 e. The summed E-state index contributed by atoms with van der Waals surface area (Å²) in [6.45, 7) is 1.68. The third-order valence-electron chi connectivity index (χ3n) is 5.22. The van der Waals surface area contributed by atoms with Gasteiger partial charge in [-0.25, -0.2) is 12.8 Å². The van der Waals surface area contributed by atoms with E-state index in [2.05, 4.69) is 10.0 Å². The maximum absolute atomic E-state index is 15.2. The van der Waals surface area contributed by atoms with E-state index in [4.69, 9.17) is 11.6 Å². The summed E-state index contributed by atoms with van der Waals surface area (Å²) in [5, 5.41) is 4.26. The van der Waals surface area contributed by atoms with E-state index in [0.29, 0.717) is 27.7 Å². The number of sulfonamides is 1. The number of nitrogens with zero attached hydrogens (tertiary/aromatic N) is 1. The van der Waals surface area contributed by atoms with Gasteiger partial charge in [-0.1, -0.05) is 17.7 Å². The van der Waals surface area contributed by atoms with E-state index in [0.717, 1.165) is 23.9 Å². The van der Waals surface area contributed by atoms with Crippen molar-refractivity contribution in [2.24, 2.45) is 0 Å². The van der Waals surface area contributed by atoms with Gasteiger partial charge in [-0.15, -0.1) is 23.7 Å². The highest BCUT2D eigenvalue weighted by atomic mass is 35.5. The average molecular weight is 506 g/mol. The van der Waals surface area contributed by atoms with Gasteiger partial charge in [0.15, 0.2) is 0 Å². The predicted octanol–water partition coefficient (Wildman–Crippen LogP) is 3.69. The van der Waals surface area contributed by atoms with E-state index < -0.39 is 22.0 Å². The number of hydrogen-bond donors (Lipinski definition) is 2. The van der Waals surface area contributed by atoms with Gasteiger partial charge < -0.3 is 10.2 Å². The number of benzene rings is 1. The van der Waals surface area contributed by atoms with Gasteiger partial charge in [-0.3, -0.25) is 4.79 Å². The first kappa shape index (κ1) is 24.2. The molecule has 1 aromatic heterocycles. The summed E-state index contributed by atoms with van der Waals surface area (Å²) in [5.74, 6) is -0.834. The molecular formula is C20H22Cl2FN3O3S2. The van der Waals surface area contributed by atoms with Crippen molar-refractivity contribution >= 4 is 63.0 Å². The predicted molar refractivity (Wildman–Crippen MR) is 125 cm³/mol. The Morgan fingerprint density at radius 1 is 1.29 bits per heavy atom. The molecule has 0 unspecified atom stereocenters. The lowest BCUT2D eigenvalue weighted by Gasteiger charge is -2.20. The van der Waals surface area contributed by atoms with E-state index in [1.54, 1.807) is 18.2 Å². The Balaban J connectivity index is 0.00000272. The molecule has 0 spiro atoms. The minimum atomic E-state index is -3.84. The standard InChI is InChI=1S/C20H21ClFN3O3S2.ClH/c21-18-6-4-14(29-18)8-11-30(27,28)24-16-7-10-25(20(16)26)17-5-3-13-12-23-9-1-2-15(13)19(17)22;/h3-6,8,11,16,23-24H,1-2,7,9-10,12H2;1H/t16-;/m0./s1. The van der Waals surface area contributed by atoms with Gasteiger partial charge in [0.1, 0.15) is 11.9 Å². The molecule has 0 bridgehead atoms. The molecule has 4 rings (SSSR count). The molecule has 2 aliphatic rings. The van der Waals surface area contributed by atoms with Crippen LogP contribution in [-0.2, 0) is 27.8 Å². The molecule has 1 saturated heterocycles. The van der Waals surface area contributed by atoms with E-state index in [1.165, 1.54) is 22.3 Å². The van der Waals surface area contributed by atoms with Crippen LogP contribution in [0.15, 0.2) is 29.7 Å². The lowest BCUT2D eigenvalue weighted by Crippen LogP contribution is -2.41. The highest BCUT2D eigenvalue weighted by molar-refractivity contribution is 7.92. The normalized spacial score (nSPS) is 19.4. The molecule has 0 radical (unpaired) electrons. The number of carbonyl (C=O) groups excluding carboxylic acids is 1. The van der Waals surface area contributed by atoms with Crippen LogP contribution in [0.1, 0.15) is 28.8 Å². The van der Waals surface area contributed by atoms with Gasteiger partial charge in [0, 0.05) is 23.4 Å². The molecule has 2 aliphatic heterocycles. The van der Waals surface area contributed by atoms with Gasteiger partial charge in [0.2, 0.25) is 15.9 Å². The van der Waals surface area contributed by atoms with Crippen LogP contribution in [-0.4, -0.2) is 33.5 Å². The number of anilines is 1. The smallest absolute Gasteiger partial charge is 0.245 e. The molecule has 1 amide bonds. The number of carbonyl (C=O) groups is 1. The van der Waals surface area contributed by atoms with E-state index >= 15 is 4.39 Å². The zero-order valence-corrected chi connectivity index (χ0v) is 19.6. The van der Waals surface area contributed by atoms with Crippen LogP contribution in [0, 0.1) is 5.82 Å². The molecule has 168 valence electrons. The zero-order valence-electron chi connectivity index (χ0n) is 16.4. The lowest BCUT2D eigenvalue weighted by molar-refractivity contribution is -0.118. The Hall–Kier alpha value is -1.49. The summed E-state index contributed by atoms with van der Waals surface area (Å²) in [6, 6.07) is 5.90. The van der Waals surface area contributed by atoms with Gasteiger partial charge in [0.25, 0.3) is 0 Å². The summed E-state index contributed by atoms with van der Waals surface area (Å²) in [6.07, 6.45) is 3.13. The number of hydrogen-bond acceptors (Lipinski definition) is 5. The SMILES string of the molecule is Cl.O=C1[C@@H](NS(=O)(=O)C=Cc2ccc(Cl)s2)CCN1c1ccc2c(c1F)CCCNC2. The second-order valence-electron chi connectivity index (χ2n) is 7.26. The van der Waals surface area contributed by atoms with Gasteiger partial charge in [0.05, 0.1) is 10.0 Å². The van der Waals surface area contributed by atoms with Crippen molar-refractivity contribution in [1.82, 2.24) is 10.0 Å². The average Bonchev–Trinajstić information content (AvgIpc) is 3.17. The van der Waals surface area contributed by atoms with Crippen LogP contribution in [0.25, 0.3) is 6.08 Å². The van der Waals surface area contributed by atoms with E-state index in [9.17, 15) is 13.2 Å². The van der Waals surface area contributed by atoms with Crippen LogP contribution in [0.3, 0.4) is 0 Å². The molecule has 3 heterocycles. The number of nitrogens with one attached hydrogen (secondary N) is 2.